The Balaban J connectivity index is 0.00000264. The lowest BCUT2D eigenvalue weighted by molar-refractivity contribution is 0.748. The van der Waals surface area contributed by atoms with Crippen LogP contribution in [0, 0.1) is 0 Å². The van der Waals surface area contributed by atoms with Gasteiger partial charge in [-0.2, -0.15) is 0 Å². The first kappa shape index (κ1) is 19.5. The molecule has 0 aliphatic rings. The van der Waals surface area contributed by atoms with Gasteiger partial charge in [0, 0.05) is 26.0 Å². The minimum atomic E-state index is 0. The van der Waals surface area contributed by atoms with Gasteiger partial charge in [0.15, 0.2) is 5.96 Å². The van der Waals surface area contributed by atoms with Crippen LogP contribution in [0.1, 0.15) is 25.3 Å². The van der Waals surface area contributed by atoms with E-state index in [-0.39, 0.29) is 24.0 Å². The zero-order valence-electron chi connectivity index (χ0n) is 14.0. The summed E-state index contributed by atoms with van der Waals surface area (Å²) in [6.45, 7) is 3.57. The Hall–Kier alpha value is -1.57. The van der Waals surface area contributed by atoms with E-state index in [0.29, 0.717) is 12.5 Å². The smallest absolute Gasteiger partial charge is 0.188 e. The number of rotatable bonds is 6. The van der Waals surface area contributed by atoms with Gasteiger partial charge in [0.1, 0.15) is 5.82 Å². The molecule has 0 atom stereocenters. The van der Waals surface area contributed by atoms with E-state index in [1.54, 1.807) is 0 Å². The number of hydrogen-bond donors (Lipinski definition) is 2. The van der Waals surface area contributed by atoms with Gasteiger partial charge >= 0.3 is 0 Å². The molecule has 0 saturated carbocycles. The number of aliphatic imine (C=N–C) groups is 1. The van der Waals surface area contributed by atoms with Crippen LogP contribution in [0.2, 0.25) is 0 Å². The molecule has 1 aromatic heterocycles. The highest BCUT2D eigenvalue weighted by atomic mass is 127. The van der Waals surface area contributed by atoms with Crippen LogP contribution in [-0.2, 0) is 6.54 Å². The second kappa shape index (κ2) is 9.54. The number of anilines is 1. The van der Waals surface area contributed by atoms with Gasteiger partial charge in [-0.25, -0.2) is 9.98 Å². The summed E-state index contributed by atoms with van der Waals surface area (Å²) in [6.07, 6.45) is 2.24. The zero-order chi connectivity index (χ0) is 15.9. The number of benzene rings is 1. The molecule has 5 nitrogen and oxygen atoms in total. The lowest BCUT2D eigenvalue weighted by atomic mass is 10.1. The molecule has 0 aliphatic heterocycles. The van der Waals surface area contributed by atoms with Gasteiger partial charge in [0.05, 0.1) is 12.1 Å². The molecule has 0 saturated heterocycles. The van der Waals surface area contributed by atoms with E-state index in [1.165, 1.54) is 0 Å². The first-order chi connectivity index (χ1) is 10.6. The van der Waals surface area contributed by atoms with Crippen LogP contribution in [0.25, 0.3) is 10.9 Å². The molecule has 0 amide bonds. The van der Waals surface area contributed by atoms with Crippen molar-refractivity contribution in [2.45, 2.75) is 26.3 Å². The second-order valence-electron chi connectivity index (χ2n) is 5.53. The molecule has 0 unspecified atom stereocenters. The fourth-order valence-electron chi connectivity index (χ4n) is 2.21. The lowest BCUT2D eigenvalue weighted by Crippen LogP contribution is -2.32. The van der Waals surface area contributed by atoms with Crippen molar-refractivity contribution in [3.05, 3.63) is 35.9 Å². The molecule has 6 heteroatoms. The molecule has 0 spiro atoms. The Morgan fingerprint density at radius 3 is 2.74 bits per heavy atom. The summed E-state index contributed by atoms with van der Waals surface area (Å²) in [5.74, 6) is 1.43. The Morgan fingerprint density at radius 2 is 2.04 bits per heavy atom. The van der Waals surface area contributed by atoms with Gasteiger partial charge in [-0.3, -0.25) is 0 Å². The number of pyridine rings is 1. The summed E-state index contributed by atoms with van der Waals surface area (Å²) < 4.78 is 0. The lowest BCUT2D eigenvalue weighted by Gasteiger charge is -2.14. The number of guanidine groups is 1. The van der Waals surface area contributed by atoms with E-state index < -0.39 is 0 Å². The van der Waals surface area contributed by atoms with Gasteiger partial charge in [-0.1, -0.05) is 31.5 Å². The molecular formula is C17H26IN5. The number of nitrogens with two attached hydrogens (primary N) is 1. The van der Waals surface area contributed by atoms with Gasteiger partial charge in [0.25, 0.3) is 0 Å². The summed E-state index contributed by atoms with van der Waals surface area (Å²) in [4.78, 5) is 11.1. The summed E-state index contributed by atoms with van der Waals surface area (Å²) in [5, 5.41) is 4.26. The number of fused-ring (bicyclic) bond motifs is 1. The number of nitrogens with one attached hydrogen (secondary N) is 1. The third-order valence-corrected chi connectivity index (χ3v) is 3.50. The molecule has 0 fully saturated rings. The van der Waals surface area contributed by atoms with Gasteiger partial charge in [-0.15, -0.1) is 24.0 Å². The van der Waals surface area contributed by atoms with E-state index in [9.17, 15) is 0 Å². The minimum absolute atomic E-state index is 0. The average molecular weight is 427 g/mol. The molecule has 0 bridgehead atoms. The standard InChI is InChI=1S/C17H25N5.HI/c1-4-5-10-19-17(18)20-12-13-11-16(22(2)3)21-15-9-7-6-8-14(13)15;/h6-9,11H,4-5,10,12H2,1-3H3,(H3,18,19,20);1H. The van der Waals surface area contributed by atoms with Gasteiger partial charge < -0.3 is 16.0 Å². The van der Waals surface area contributed by atoms with Crippen molar-refractivity contribution in [1.29, 1.82) is 0 Å². The van der Waals surface area contributed by atoms with Crippen LogP contribution >= 0.6 is 24.0 Å². The quantitative estimate of drug-likeness (QED) is 0.322. The zero-order valence-corrected chi connectivity index (χ0v) is 16.4. The minimum Gasteiger partial charge on any atom is -0.370 e. The largest absolute Gasteiger partial charge is 0.370 e. The summed E-state index contributed by atoms with van der Waals surface area (Å²) in [6, 6.07) is 10.2. The molecule has 1 heterocycles. The molecule has 23 heavy (non-hydrogen) atoms. The molecule has 1 aromatic carbocycles. The third-order valence-electron chi connectivity index (χ3n) is 3.50. The molecule has 2 rings (SSSR count). The van der Waals surface area contributed by atoms with Crippen LogP contribution in [0.4, 0.5) is 5.82 Å². The Labute approximate surface area is 155 Å². The van der Waals surface area contributed by atoms with Crippen LogP contribution in [0.15, 0.2) is 35.3 Å². The molecular weight excluding hydrogens is 401 g/mol. The number of halogens is 1. The highest BCUT2D eigenvalue weighted by molar-refractivity contribution is 14.0. The second-order valence-corrected chi connectivity index (χ2v) is 5.53. The SMILES string of the molecule is CCCCNC(N)=NCc1cc(N(C)C)nc2ccccc12.I. The van der Waals surface area contributed by atoms with Gasteiger partial charge in [0.2, 0.25) is 0 Å². The molecule has 3 N–H and O–H groups in total. The summed E-state index contributed by atoms with van der Waals surface area (Å²) in [7, 11) is 3.98. The normalized spacial score (nSPS) is 11.2. The summed E-state index contributed by atoms with van der Waals surface area (Å²) in [5.41, 5.74) is 8.03. The maximum Gasteiger partial charge on any atom is 0.188 e. The molecule has 0 radical (unpaired) electrons. The number of unbranched alkanes of at least 4 members (excludes halogenated alkanes) is 1. The maximum atomic E-state index is 5.92. The fourth-order valence-corrected chi connectivity index (χ4v) is 2.21. The van der Waals surface area contributed by atoms with Crippen molar-refractivity contribution < 1.29 is 0 Å². The van der Waals surface area contributed by atoms with Crippen LogP contribution in [0.3, 0.4) is 0 Å². The van der Waals surface area contributed by atoms with Crippen molar-refractivity contribution in [1.82, 2.24) is 10.3 Å². The molecule has 2 aromatic rings. The van der Waals surface area contributed by atoms with Crippen molar-refractivity contribution in [2.75, 3.05) is 25.5 Å². The van der Waals surface area contributed by atoms with Crippen molar-refractivity contribution >= 4 is 46.7 Å². The number of para-hydroxylation sites is 1. The fraction of sp³-hybridized carbons (Fsp3) is 0.412. The van der Waals surface area contributed by atoms with E-state index in [1.807, 2.05) is 37.2 Å². The highest BCUT2D eigenvalue weighted by Gasteiger charge is 2.06. The third kappa shape index (κ3) is 5.53. The van der Waals surface area contributed by atoms with Crippen molar-refractivity contribution in [3.63, 3.8) is 0 Å². The first-order valence-electron chi connectivity index (χ1n) is 7.71. The van der Waals surface area contributed by atoms with Crippen molar-refractivity contribution in [3.8, 4) is 0 Å². The average Bonchev–Trinajstić information content (AvgIpc) is 2.52. The Kier molecular flexibility index (Phi) is 8.08. The first-order valence-corrected chi connectivity index (χ1v) is 7.71. The van der Waals surface area contributed by atoms with Crippen molar-refractivity contribution in [2.24, 2.45) is 10.7 Å². The summed E-state index contributed by atoms with van der Waals surface area (Å²) >= 11 is 0. The topological polar surface area (TPSA) is 66.5 Å². The van der Waals surface area contributed by atoms with E-state index in [2.05, 4.69) is 34.3 Å². The molecule has 0 aliphatic carbocycles. The maximum absolute atomic E-state index is 5.92. The van der Waals surface area contributed by atoms with E-state index in [4.69, 9.17) is 5.73 Å². The van der Waals surface area contributed by atoms with E-state index in [0.717, 1.165) is 41.7 Å². The Bertz CT molecular complexity index is 654. The predicted molar refractivity (Wildman–Crippen MR) is 110 cm³/mol. The van der Waals surface area contributed by atoms with Crippen LogP contribution in [-0.4, -0.2) is 31.6 Å². The number of nitrogens with zero attached hydrogens (tertiary/aromatic N) is 3. The molecule has 126 valence electrons. The monoisotopic (exact) mass is 427 g/mol. The van der Waals surface area contributed by atoms with Gasteiger partial charge in [-0.05, 0) is 24.1 Å². The predicted octanol–water partition coefficient (Wildman–Crippen LogP) is 3.12. The number of aromatic nitrogens is 1. The Morgan fingerprint density at radius 1 is 1.30 bits per heavy atom. The van der Waals surface area contributed by atoms with Crippen LogP contribution < -0.4 is 16.0 Å². The number of hydrogen-bond acceptors (Lipinski definition) is 3. The van der Waals surface area contributed by atoms with E-state index >= 15 is 0 Å². The van der Waals surface area contributed by atoms with Crippen LogP contribution in [0.5, 0.6) is 0 Å². The highest BCUT2D eigenvalue weighted by Crippen LogP contribution is 2.22.